The summed E-state index contributed by atoms with van der Waals surface area (Å²) in [5, 5.41) is 0. The van der Waals surface area contributed by atoms with Crippen LogP contribution < -0.4 is 4.31 Å². The number of anilines is 1. The minimum absolute atomic E-state index is 0.207. The molecular weight excluding hydrogens is 330 g/mol. The van der Waals surface area contributed by atoms with Crippen LogP contribution in [0.25, 0.3) is 0 Å². The van der Waals surface area contributed by atoms with Gasteiger partial charge >= 0.3 is 5.97 Å². The number of ketones is 1. The van der Waals surface area contributed by atoms with Crippen molar-refractivity contribution < 1.29 is 22.7 Å². The van der Waals surface area contributed by atoms with Crippen LogP contribution in [0.15, 0.2) is 36.4 Å². The van der Waals surface area contributed by atoms with Crippen molar-refractivity contribution in [3.8, 4) is 0 Å². The van der Waals surface area contributed by atoms with Gasteiger partial charge in [0.2, 0.25) is 10.0 Å². The number of allylic oxidation sites excluding steroid dienone is 2. The Balaban J connectivity index is 1.88. The summed E-state index contributed by atoms with van der Waals surface area (Å²) in [6, 6.07) is 6.12. The number of hydrogen-bond acceptors (Lipinski definition) is 5. The van der Waals surface area contributed by atoms with E-state index >= 15 is 0 Å². The molecule has 1 aromatic rings. The lowest BCUT2D eigenvalue weighted by atomic mass is 10.1. The second-order valence-corrected chi connectivity index (χ2v) is 7.84. The maximum atomic E-state index is 12.0. The number of rotatable bonds is 7. The zero-order valence-corrected chi connectivity index (χ0v) is 14.6. The zero-order valence-electron chi connectivity index (χ0n) is 13.8. The molecule has 6 nitrogen and oxygen atoms in total. The molecule has 7 heteroatoms. The van der Waals surface area contributed by atoms with E-state index in [-0.39, 0.29) is 24.3 Å². The van der Waals surface area contributed by atoms with Gasteiger partial charge in [0.25, 0.3) is 0 Å². The van der Waals surface area contributed by atoms with Gasteiger partial charge < -0.3 is 4.74 Å². The number of sulfonamides is 1. The number of Topliss-reactive ketones (excluding diaryl/α,β-unsaturated/α-hetero) is 1. The van der Waals surface area contributed by atoms with Gasteiger partial charge in [-0.2, -0.15) is 0 Å². The van der Waals surface area contributed by atoms with Crippen LogP contribution in [-0.4, -0.2) is 40.1 Å². The Morgan fingerprint density at radius 1 is 1.25 bits per heavy atom. The topological polar surface area (TPSA) is 80.8 Å². The first-order valence-electron chi connectivity index (χ1n) is 7.67. The average molecular weight is 351 g/mol. The highest BCUT2D eigenvalue weighted by molar-refractivity contribution is 7.92. The highest BCUT2D eigenvalue weighted by Gasteiger charge is 2.17. The molecule has 0 radical (unpaired) electrons. The quantitative estimate of drug-likeness (QED) is 0.427. The third-order valence-corrected chi connectivity index (χ3v) is 5.16. The first kappa shape index (κ1) is 18.2. The molecule has 1 atom stereocenters. The molecule has 0 aliphatic heterocycles. The molecule has 0 N–H and O–H groups in total. The Morgan fingerprint density at radius 3 is 2.46 bits per heavy atom. The molecule has 0 spiro atoms. The number of hydrogen-bond donors (Lipinski definition) is 0. The summed E-state index contributed by atoms with van der Waals surface area (Å²) in [5.41, 5.74) is 0.827. The van der Waals surface area contributed by atoms with E-state index in [2.05, 4.69) is 0 Å². The molecule has 0 fully saturated rings. The second kappa shape index (κ2) is 7.61. The molecule has 0 heterocycles. The molecule has 2 rings (SSSR count). The third-order valence-electron chi connectivity index (χ3n) is 3.96. The maximum Gasteiger partial charge on any atom is 0.306 e. The highest BCUT2D eigenvalue weighted by Crippen LogP contribution is 2.21. The van der Waals surface area contributed by atoms with Gasteiger partial charge in [-0.15, -0.1) is 0 Å². The smallest absolute Gasteiger partial charge is 0.306 e. The lowest BCUT2D eigenvalue weighted by Crippen LogP contribution is -2.24. The Bertz CT molecular complexity index is 737. The van der Waals surface area contributed by atoms with Crippen molar-refractivity contribution in [1.29, 1.82) is 0 Å². The Morgan fingerprint density at radius 2 is 1.92 bits per heavy atom. The fourth-order valence-corrected chi connectivity index (χ4v) is 2.92. The van der Waals surface area contributed by atoms with Gasteiger partial charge in [-0.25, -0.2) is 8.42 Å². The molecule has 0 bridgehead atoms. The molecule has 0 aromatic heterocycles. The van der Waals surface area contributed by atoms with Gasteiger partial charge in [-0.1, -0.05) is 12.2 Å². The molecule has 0 amide bonds. The normalized spacial score (nSPS) is 16.8. The van der Waals surface area contributed by atoms with Crippen LogP contribution >= 0.6 is 0 Å². The summed E-state index contributed by atoms with van der Waals surface area (Å²) < 4.78 is 29.1. The largest absolute Gasteiger partial charge is 0.457 e. The lowest BCUT2D eigenvalue weighted by molar-refractivity contribution is -0.143. The molecule has 1 aliphatic rings. The number of ether oxygens (including phenoxy) is 1. The van der Waals surface area contributed by atoms with Crippen LogP contribution in [0.4, 0.5) is 5.69 Å². The predicted octanol–water partition coefficient (Wildman–Crippen LogP) is 2.16. The molecule has 1 aromatic carbocycles. The SMILES string of the molecule is CN(c1ccc(C(=O)COC(=O)C[C@H]2C=CCC2)cc1)S(C)(=O)=O. The van der Waals surface area contributed by atoms with Crippen molar-refractivity contribution >= 4 is 27.5 Å². The van der Waals surface area contributed by atoms with Gasteiger partial charge in [0.15, 0.2) is 12.4 Å². The zero-order chi connectivity index (χ0) is 17.7. The van der Waals surface area contributed by atoms with Crippen molar-refractivity contribution in [2.24, 2.45) is 5.92 Å². The van der Waals surface area contributed by atoms with Crippen molar-refractivity contribution in [1.82, 2.24) is 0 Å². The summed E-state index contributed by atoms with van der Waals surface area (Å²) in [7, 11) is -1.91. The van der Waals surface area contributed by atoms with Crippen LogP contribution in [0.3, 0.4) is 0 Å². The number of esters is 1. The van der Waals surface area contributed by atoms with E-state index in [1.165, 1.54) is 19.2 Å². The molecule has 0 unspecified atom stereocenters. The Hall–Kier alpha value is -2.15. The van der Waals surface area contributed by atoms with Gasteiger partial charge in [0.05, 0.1) is 18.4 Å². The van der Waals surface area contributed by atoms with Gasteiger partial charge in [-0.3, -0.25) is 13.9 Å². The van der Waals surface area contributed by atoms with Crippen LogP contribution in [-0.2, 0) is 19.6 Å². The number of nitrogens with zero attached hydrogens (tertiary/aromatic N) is 1. The number of carbonyl (C=O) groups is 2. The van der Waals surface area contributed by atoms with E-state index < -0.39 is 10.0 Å². The van der Waals surface area contributed by atoms with E-state index in [9.17, 15) is 18.0 Å². The minimum Gasteiger partial charge on any atom is -0.457 e. The molecule has 130 valence electrons. The Labute approximate surface area is 142 Å². The van der Waals surface area contributed by atoms with Crippen LogP contribution in [0.2, 0.25) is 0 Å². The van der Waals surface area contributed by atoms with Crippen LogP contribution in [0, 0.1) is 5.92 Å². The third kappa shape index (κ3) is 4.92. The molecule has 24 heavy (non-hydrogen) atoms. The number of benzene rings is 1. The Kier molecular flexibility index (Phi) is 5.77. The first-order valence-corrected chi connectivity index (χ1v) is 9.51. The minimum atomic E-state index is -3.35. The van der Waals surface area contributed by atoms with Crippen LogP contribution in [0.5, 0.6) is 0 Å². The van der Waals surface area contributed by atoms with E-state index in [1.807, 2.05) is 12.2 Å². The van der Waals surface area contributed by atoms with Crippen molar-refractivity contribution in [2.45, 2.75) is 19.3 Å². The van der Waals surface area contributed by atoms with Crippen LogP contribution in [0.1, 0.15) is 29.6 Å². The summed E-state index contributed by atoms with van der Waals surface area (Å²) >= 11 is 0. The van der Waals surface area contributed by atoms with E-state index in [1.54, 1.807) is 12.1 Å². The standard InChI is InChI=1S/C17H21NO5S/c1-18(24(2,21)22)15-9-7-14(8-10-15)16(19)12-23-17(20)11-13-5-3-4-6-13/h3,5,7-10,13H,4,6,11-12H2,1-2H3/t13-/m0/s1. The second-order valence-electron chi connectivity index (χ2n) is 5.83. The van der Waals surface area contributed by atoms with Crippen molar-refractivity contribution in [3.63, 3.8) is 0 Å². The number of carbonyl (C=O) groups excluding carboxylic acids is 2. The molecule has 0 saturated carbocycles. The average Bonchev–Trinajstić information content (AvgIpc) is 3.04. The summed E-state index contributed by atoms with van der Waals surface area (Å²) in [4.78, 5) is 23.7. The molecular formula is C17H21NO5S. The van der Waals surface area contributed by atoms with E-state index in [0.717, 1.165) is 23.4 Å². The fraction of sp³-hybridized carbons (Fsp3) is 0.412. The summed E-state index contributed by atoms with van der Waals surface area (Å²) in [6.07, 6.45) is 7.36. The first-order chi connectivity index (χ1) is 11.3. The van der Waals surface area contributed by atoms with E-state index in [4.69, 9.17) is 4.74 Å². The highest BCUT2D eigenvalue weighted by atomic mass is 32.2. The summed E-state index contributed by atoms with van der Waals surface area (Å²) in [5.74, 6) is -0.495. The van der Waals surface area contributed by atoms with Gasteiger partial charge in [0.1, 0.15) is 0 Å². The van der Waals surface area contributed by atoms with Gasteiger partial charge in [0, 0.05) is 12.6 Å². The lowest BCUT2D eigenvalue weighted by Gasteiger charge is -2.16. The van der Waals surface area contributed by atoms with Gasteiger partial charge in [-0.05, 0) is 43.0 Å². The monoisotopic (exact) mass is 351 g/mol. The van der Waals surface area contributed by atoms with Crippen molar-refractivity contribution in [3.05, 3.63) is 42.0 Å². The summed E-state index contributed by atoms with van der Waals surface area (Å²) in [6.45, 7) is -0.309. The van der Waals surface area contributed by atoms with E-state index in [0.29, 0.717) is 17.7 Å². The maximum absolute atomic E-state index is 12.0. The fourth-order valence-electron chi connectivity index (χ4n) is 2.42. The predicted molar refractivity (Wildman–Crippen MR) is 91.5 cm³/mol. The molecule has 1 aliphatic carbocycles. The van der Waals surface area contributed by atoms with Crippen molar-refractivity contribution in [2.75, 3.05) is 24.2 Å². The molecule has 0 saturated heterocycles.